The molecule has 0 unspecified atom stereocenters. The van der Waals surface area contributed by atoms with Crippen LogP contribution in [-0.2, 0) is 0 Å². The normalized spacial score (nSPS) is 10.0. The quantitative estimate of drug-likeness (QED) is 0.564. The summed E-state index contributed by atoms with van der Waals surface area (Å²) in [7, 11) is 0. The molecule has 0 spiro atoms. The summed E-state index contributed by atoms with van der Waals surface area (Å²) in [5, 5.41) is 2.75. The van der Waals surface area contributed by atoms with Crippen molar-refractivity contribution in [3.63, 3.8) is 0 Å². The van der Waals surface area contributed by atoms with Crippen molar-refractivity contribution < 1.29 is 0 Å². The van der Waals surface area contributed by atoms with Gasteiger partial charge in [0.1, 0.15) is 0 Å². The molecular weight excluding hydrogens is 187 g/mol. The first-order valence-corrected chi connectivity index (χ1v) is 5.19. The molecular formula is C9H7Se+. The molecule has 1 heterocycles. The molecule has 0 radical (unpaired) electrons. The van der Waals surface area contributed by atoms with Crippen LogP contribution in [0, 0.1) is 0 Å². The summed E-state index contributed by atoms with van der Waals surface area (Å²) in [6, 6.07) is 10.7. The Kier molecular flexibility index (Phi) is 1.54. The molecule has 1 heteroatoms. The van der Waals surface area contributed by atoms with Gasteiger partial charge in [0.25, 0.3) is 0 Å². The molecule has 0 bridgehead atoms. The first-order chi connectivity index (χ1) is 4.97. The van der Waals surface area contributed by atoms with Crippen LogP contribution in [0.4, 0.5) is 0 Å². The summed E-state index contributed by atoms with van der Waals surface area (Å²) < 4.78 is 0. The molecule has 0 atom stereocenters. The van der Waals surface area contributed by atoms with Gasteiger partial charge in [-0.15, -0.1) is 0 Å². The fourth-order valence-electron chi connectivity index (χ4n) is 0.995. The van der Waals surface area contributed by atoms with E-state index >= 15 is 0 Å². The third-order valence-corrected chi connectivity index (χ3v) is 2.95. The van der Waals surface area contributed by atoms with E-state index in [-0.39, 0.29) is 0 Å². The van der Waals surface area contributed by atoms with Crippen molar-refractivity contribution in [2.24, 2.45) is 0 Å². The molecule has 0 saturated heterocycles. The molecule has 0 fully saturated rings. The zero-order valence-electron chi connectivity index (χ0n) is 5.45. The summed E-state index contributed by atoms with van der Waals surface area (Å²) in [4.78, 5) is 4.55. The molecule has 2 aromatic rings. The van der Waals surface area contributed by atoms with Crippen LogP contribution in [0.2, 0.25) is 0 Å². The van der Waals surface area contributed by atoms with Gasteiger partial charge in [-0.25, -0.2) is 0 Å². The fourth-order valence-corrected chi connectivity index (χ4v) is 2.39. The van der Waals surface area contributed by atoms with Crippen molar-refractivity contribution in [3.05, 3.63) is 40.2 Å². The third-order valence-electron chi connectivity index (χ3n) is 1.52. The Bertz CT molecular complexity index is 276. The van der Waals surface area contributed by atoms with E-state index in [0.717, 1.165) is 0 Å². The minimum absolute atomic E-state index is 0.592. The van der Waals surface area contributed by atoms with E-state index in [1.54, 1.807) is 0 Å². The van der Waals surface area contributed by atoms with Gasteiger partial charge in [0, 0.05) is 0 Å². The molecule has 2 rings (SSSR count). The Morgan fingerprint density at radius 2 is 1.70 bits per heavy atom. The van der Waals surface area contributed by atoms with Crippen LogP contribution in [0.5, 0.6) is 0 Å². The van der Waals surface area contributed by atoms with E-state index < -0.39 is 0 Å². The average molecular weight is 194 g/mol. The van der Waals surface area contributed by atoms with Crippen molar-refractivity contribution in [2.45, 2.75) is 0 Å². The van der Waals surface area contributed by atoms with Crippen molar-refractivity contribution >= 4 is 25.3 Å². The molecule has 0 aliphatic heterocycles. The zero-order valence-corrected chi connectivity index (χ0v) is 7.16. The fraction of sp³-hybridized carbons (Fsp3) is 0. The topological polar surface area (TPSA) is 0 Å². The van der Waals surface area contributed by atoms with Crippen molar-refractivity contribution in [2.75, 3.05) is 0 Å². The van der Waals surface area contributed by atoms with Gasteiger partial charge in [-0.3, -0.25) is 0 Å². The molecule has 1 aromatic heterocycles. The molecule has 1 aromatic carbocycles. The zero-order chi connectivity index (χ0) is 6.81. The molecule has 0 aliphatic carbocycles. The number of hydrogen-bond donors (Lipinski definition) is 0. The monoisotopic (exact) mass is 195 g/mol. The van der Waals surface area contributed by atoms with Gasteiger partial charge < -0.3 is 0 Å². The summed E-state index contributed by atoms with van der Waals surface area (Å²) in [6.07, 6.45) is 0. The van der Waals surface area contributed by atoms with Crippen LogP contribution in [0.3, 0.4) is 0 Å². The summed E-state index contributed by atoms with van der Waals surface area (Å²) >= 11 is 0.592. The molecule has 0 aliphatic rings. The second-order valence-corrected chi connectivity index (χ2v) is 3.82. The van der Waals surface area contributed by atoms with Crippen molar-refractivity contribution in [3.8, 4) is 0 Å². The van der Waals surface area contributed by atoms with Crippen LogP contribution in [0.15, 0.2) is 40.2 Å². The summed E-state index contributed by atoms with van der Waals surface area (Å²) in [5.41, 5.74) is 0. The molecule has 48 valence electrons. The van der Waals surface area contributed by atoms with Gasteiger partial charge in [-0.2, -0.15) is 0 Å². The number of rotatable bonds is 0. The van der Waals surface area contributed by atoms with Crippen LogP contribution in [0.25, 0.3) is 10.8 Å². The Balaban J connectivity index is 2.89. The van der Waals surface area contributed by atoms with E-state index in [1.165, 1.54) is 10.8 Å². The Labute approximate surface area is 65.9 Å². The van der Waals surface area contributed by atoms with Crippen molar-refractivity contribution in [1.29, 1.82) is 0 Å². The second kappa shape index (κ2) is 2.53. The maximum absolute atomic E-state index is 2.31. The molecule has 0 N–H and O–H groups in total. The predicted octanol–water partition coefficient (Wildman–Crippen LogP) is 2.18. The van der Waals surface area contributed by atoms with E-state index in [0.29, 0.717) is 14.5 Å². The van der Waals surface area contributed by atoms with E-state index in [4.69, 9.17) is 0 Å². The van der Waals surface area contributed by atoms with Gasteiger partial charge in [-0.1, -0.05) is 0 Å². The van der Waals surface area contributed by atoms with Gasteiger partial charge in [0.15, 0.2) is 0 Å². The first-order valence-electron chi connectivity index (χ1n) is 3.21. The number of benzene rings is 1. The van der Waals surface area contributed by atoms with Crippen LogP contribution >= 0.6 is 0 Å². The van der Waals surface area contributed by atoms with Gasteiger partial charge in [0.05, 0.1) is 0 Å². The number of hydrogen-bond acceptors (Lipinski definition) is 0. The number of fused-ring (bicyclic) bond motifs is 1. The predicted molar refractivity (Wildman–Crippen MR) is 45.3 cm³/mol. The van der Waals surface area contributed by atoms with Gasteiger partial charge >= 0.3 is 65.5 Å². The molecule has 0 amide bonds. The van der Waals surface area contributed by atoms with Crippen LogP contribution < -0.4 is 0 Å². The molecule has 10 heavy (non-hydrogen) atoms. The first kappa shape index (κ1) is 6.09. The van der Waals surface area contributed by atoms with Crippen LogP contribution in [-0.4, -0.2) is 14.5 Å². The minimum atomic E-state index is 0.592. The van der Waals surface area contributed by atoms with Crippen LogP contribution in [0.1, 0.15) is 0 Å². The Morgan fingerprint density at radius 1 is 0.900 bits per heavy atom. The SMILES string of the molecule is c1ccc2c[se+]ccc2c1. The molecule has 0 nitrogen and oxygen atoms in total. The van der Waals surface area contributed by atoms with Gasteiger partial charge in [-0.05, 0) is 0 Å². The molecule has 0 saturated carbocycles. The average Bonchev–Trinajstić information content (AvgIpc) is 2.05. The van der Waals surface area contributed by atoms with E-state index in [1.807, 2.05) is 0 Å². The summed E-state index contributed by atoms with van der Waals surface area (Å²) in [5.74, 6) is 0. The maximum atomic E-state index is 2.31. The third kappa shape index (κ3) is 0.984. The Hall–Kier alpha value is -0.651. The summed E-state index contributed by atoms with van der Waals surface area (Å²) in [6.45, 7) is 0. The van der Waals surface area contributed by atoms with E-state index in [9.17, 15) is 0 Å². The Morgan fingerprint density at radius 3 is 2.50 bits per heavy atom. The standard InChI is InChI=1S/C9H7Se/c1-2-4-9-7-10-6-5-8(9)3-1/h1-7H/q+1. The van der Waals surface area contributed by atoms with E-state index in [2.05, 4.69) is 40.2 Å². The second-order valence-electron chi connectivity index (χ2n) is 2.19. The van der Waals surface area contributed by atoms with Gasteiger partial charge in [0.2, 0.25) is 0 Å². The van der Waals surface area contributed by atoms with Crippen molar-refractivity contribution in [1.82, 2.24) is 0 Å².